The average Bonchev–Trinajstić information content (AvgIpc) is 2.16. The standard InChI is InChI=1S/C12H16NO2/c1-12(2,3)15-13-9-10-7-5-6-8-11(10)14-4/h5-8H,1-4H3. The van der Waals surface area contributed by atoms with Crippen LogP contribution in [0.1, 0.15) is 26.3 Å². The van der Waals surface area contributed by atoms with Crippen molar-refractivity contribution in [3.63, 3.8) is 0 Å². The first-order valence-corrected chi connectivity index (χ1v) is 4.80. The molecule has 0 saturated carbocycles. The first kappa shape index (κ1) is 11.6. The summed E-state index contributed by atoms with van der Waals surface area (Å²) >= 11 is 0. The van der Waals surface area contributed by atoms with Crippen molar-refractivity contribution >= 4 is 6.21 Å². The van der Waals surface area contributed by atoms with Crippen molar-refractivity contribution in [3.05, 3.63) is 29.8 Å². The summed E-state index contributed by atoms with van der Waals surface area (Å²) in [6.07, 6.45) is 2.80. The van der Waals surface area contributed by atoms with Crippen LogP contribution in [0.25, 0.3) is 0 Å². The van der Waals surface area contributed by atoms with E-state index in [2.05, 4.69) is 11.4 Å². The molecule has 3 nitrogen and oxygen atoms in total. The van der Waals surface area contributed by atoms with E-state index in [4.69, 9.17) is 9.57 Å². The highest BCUT2D eigenvalue weighted by Crippen LogP contribution is 2.15. The molecule has 0 bridgehead atoms. The van der Waals surface area contributed by atoms with E-state index >= 15 is 0 Å². The molecule has 0 saturated heterocycles. The van der Waals surface area contributed by atoms with Gasteiger partial charge in [-0.1, -0.05) is 17.3 Å². The molecule has 0 spiro atoms. The maximum Gasteiger partial charge on any atom is 0.143 e. The summed E-state index contributed by atoms with van der Waals surface area (Å²) in [4.78, 5) is 5.19. The van der Waals surface area contributed by atoms with Crippen LogP contribution < -0.4 is 4.74 Å². The summed E-state index contributed by atoms with van der Waals surface area (Å²) in [5.74, 6) is 0.735. The lowest BCUT2D eigenvalue weighted by Gasteiger charge is -2.14. The topological polar surface area (TPSA) is 30.8 Å². The highest BCUT2D eigenvalue weighted by Gasteiger charge is 2.09. The van der Waals surface area contributed by atoms with Gasteiger partial charge in [-0.05, 0) is 32.9 Å². The van der Waals surface area contributed by atoms with Gasteiger partial charge in [-0.15, -0.1) is 0 Å². The molecule has 0 aliphatic rings. The van der Waals surface area contributed by atoms with Crippen LogP contribution in [0.3, 0.4) is 0 Å². The summed E-state index contributed by atoms with van der Waals surface area (Å²) in [7, 11) is 1.62. The van der Waals surface area contributed by atoms with Crippen LogP contribution in [0.5, 0.6) is 5.75 Å². The van der Waals surface area contributed by atoms with Gasteiger partial charge in [-0.3, -0.25) is 0 Å². The molecule has 0 amide bonds. The number of ether oxygens (including phenoxy) is 1. The quantitative estimate of drug-likeness (QED) is 0.562. The van der Waals surface area contributed by atoms with Gasteiger partial charge < -0.3 is 9.57 Å². The fourth-order valence-corrected chi connectivity index (χ4v) is 0.946. The number of benzene rings is 1. The molecule has 15 heavy (non-hydrogen) atoms. The molecule has 1 rings (SSSR count). The van der Waals surface area contributed by atoms with Crippen molar-refractivity contribution in [1.29, 1.82) is 0 Å². The predicted molar refractivity (Wildman–Crippen MR) is 60.4 cm³/mol. The van der Waals surface area contributed by atoms with Gasteiger partial charge >= 0.3 is 0 Å². The van der Waals surface area contributed by atoms with Crippen LogP contribution in [-0.4, -0.2) is 18.9 Å². The minimum Gasteiger partial charge on any atom is -0.496 e. The van der Waals surface area contributed by atoms with Crippen molar-refractivity contribution in [1.82, 2.24) is 0 Å². The summed E-state index contributed by atoms with van der Waals surface area (Å²) in [5, 5.41) is 3.79. The van der Waals surface area contributed by atoms with Gasteiger partial charge in [0.2, 0.25) is 0 Å². The first-order chi connectivity index (χ1) is 7.03. The lowest BCUT2D eigenvalue weighted by Crippen LogP contribution is -2.15. The zero-order valence-corrected chi connectivity index (χ0v) is 9.57. The number of hydrogen-bond acceptors (Lipinski definition) is 3. The third-order valence-electron chi connectivity index (χ3n) is 1.59. The molecule has 0 aliphatic carbocycles. The Morgan fingerprint density at radius 2 is 1.87 bits per heavy atom. The summed E-state index contributed by atoms with van der Waals surface area (Å²) in [6.45, 7) is 5.79. The molecule has 1 aromatic rings. The Kier molecular flexibility index (Phi) is 3.72. The predicted octanol–water partition coefficient (Wildman–Crippen LogP) is 2.72. The van der Waals surface area contributed by atoms with Crippen LogP contribution in [0.2, 0.25) is 0 Å². The van der Waals surface area contributed by atoms with E-state index in [1.54, 1.807) is 7.11 Å². The van der Waals surface area contributed by atoms with Crippen molar-refractivity contribution in [2.24, 2.45) is 5.16 Å². The molecule has 0 atom stereocenters. The van der Waals surface area contributed by atoms with E-state index in [9.17, 15) is 0 Å². The fraction of sp³-hybridized carbons (Fsp3) is 0.417. The van der Waals surface area contributed by atoms with Gasteiger partial charge in [0.05, 0.1) is 7.11 Å². The lowest BCUT2D eigenvalue weighted by atomic mass is 10.2. The number of hydrogen-bond donors (Lipinski definition) is 0. The Morgan fingerprint density at radius 1 is 1.20 bits per heavy atom. The van der Waals surface area contributed by atoms with Gasteiger partial charge in [0.25, 0.3) is 0 Å². The Balaban J connectivity index is 2.72. The van der Waals surface area contributed by atoms with Gasteiger partial charge in [-0.2, -0.15) is 0 Å². The molecule has 0 N–H and O–H groups in total. The number of methoxy groups -OCH3 is 1. The Bertz CT molecular complexity index is 340. The minimum absolute atomic E-state index is 0.297. The molecular formula is C12H16NO2. The van der Waals surface area contributed by atoms with Crippen molar-refractivity contribution in [2.75, 3.05) is 7.11 Å². The second-order valence-corrected chi connectivity index (χ2v) is 4.11. The number of nitrogens with zero attached hydrogens (tertiary/aromatic N) is 1. The van der Waals surface area contributed by atoms with Gasteiger partial charge in [0.1, 0.15) is 17.6 Å². The summed E-state index contributed by atoms with van der Waals surface area (Å²) < 4.78 is 5.15. The van der Waals surface area contributed by atoms with E-state index in [1.165, 1.54) is 0 Å². The third-order valence-corrected chi connectivity index (χ3v) is 1.59. The van der Waals surface area contributed by atoms with Crippen molar-refractivity contribution in [2.45, 2.75) is 26.4 Å². The van der Waals surface area contributed by atoms with Gasteiger partial charge in [-0.25, -0.2) is 0 Å². The van der Waals surface area contributed by atoms with Gasteiger partial charge in [0.15, 0.2) is 0 Å². The second kappa shape index (κ2) is 4.82. The van der Waals surface area contributed by atoms with E-state index in [-0.39, 0.29) is 5.60 Å². The normalized spacial score (nSPS) is 11.7. The summed E-state index contributed by atoms with van der Waals surface area (Å²) in [5.41, 5.74) is 0.485. The molecule has 1 aromatic carbocycles. The molecule has 0 fully saturated rings. The number of para-hydroxylation sites is 1. The molecule has 0 unspecified atom stereocenters. The highest BCUT2D eigenvalue weighted by atomic mass is 16.6. The van der Waals surface area contributed by atoms with E-state index in [1.807, 2.05) is 45.0 Å². The number of rotatable bonds is 3. The van der Waals surface area contributed by atoms with Crippen molar-refractivity contribution in [3.8, 4) is 5.75 Å². The molecule has 0 heterocycles. The highest BCUT2D eigenvalue weighted by molar-refractivity contribution is 5.82. The molecule has 3 heteroatoms. The molecule has 1 radical (unpaired) electrons. The fourth-order valence-electron chi connectivity index (χ4n) is 0.946. The van der Waals surface area contributed by atoms with Crippen LogP contribution in [0.15, 0.2) is 29.4 Å². The molecular weight excluding hydrogens is 190 g/mol. The maximum atomic E-state index is 5.19. The maximum absolute atomic E-state index is 5.19. The summed E-state index contributed by atoms with van der Waals surface area (Å²) in [6, 6.07) is 7.52. The third kappa shape index (κ3) is 4.02. The lowest BCUT2D eigenvalue weighted by molar-refractivity contribution is 0.00197. The monoisotopic (exact) mass is 206 g/mol. The zero-order chi connectivity index (χ0) is 11.3. The average molecular weight is 206 g/mol. The van der Waals surface area contributed by atoms with Crippen LogP contribution >= 0.6 is 0 Å². The van der Waals surface area contributed by atoms with E-state index < -0.39 is 0 Å². The Hall–Kier alpha value is -1.51. The van der Waals surface area contributed by atoms with Gasteiger partial charge in [0, 0.05) is 5.56 Å². The first-order valence-electron chi connectivity index (χ1n) is 4.80. The smallest absolute Gasteiger partial charge is 0.143 e. The van der Waals surface area contributed by atoms with Crippen LogP contribution in [0, 0.1) is 0 Å². The van der Waals surface area contributed by atoms with Crippen molar-refractivity contribution < 1.29 is 9.57 Å². The SMILES string of the molecule is COc1ccccc1/[C]=N/OC(C)(C)C. The second-order valence-electron chi connectivity index (χ2n) is 4.11. The molecule has 0 aromatic heterocycles. The van der Waals surface area contributed by atoms with E-state index in [0.717, 1.165) is 11.3 Å². The molecule has 0 aliphatic heterocycles. The van der Waals surface area contributed by atoms with Crippen LogP contribution in [0.4, 0.5) is 0 Å². The largest absolute Gasteiger partial charge is 0.496 e. The Morgan fingerprint density at radius 3 is 2.47 bits per heavy atom. The Labute approximate surface area is 90.7 Å². The van der Waals surface area contributed by atoms with E-state index in [0.29, 0.717) is 0 Å². The molecule has 81 valence electrons. The van der Waals surface area contributed by atoms with Crippen LogP contribution in [-0.2, 0) is 4.84 Å². The zero-order valence-electron chi connectivity index (χ0n) is 9.57. The minimum atomic E-state index is -0.297.